The van der Waals surface area contributed by atoms with Gasteiger partial charge in [0.1, 0.15) is 5.78 Å². The summed E-state index contributed by atoms with van der Waals surface area (Å²) >= 11 is 0. The number of unbranched alkanes of at least 4 members (excludes halogenated alkanes) is 3. The van der Waals surface area contributed by atoms with E-state index in [1.165, 1.54) is 7.11 Å². The Hall–Kier alpha value is -1.39. The fourth-order valence-corrected chi connectivity index (χ4v) is 3.86. The van der Waals surface area contributed by atoms with Gasteiger partial charge in [-0.2, -0.15) is 0 Å². The molecule has 2 rings (SSSR count). The summed E-state index contributed by atoms with van der Waals surface area (Å²) < 4.78 is 4.57. The molecular weight excluding hydrogens is 260 g/mol. The zero-order valence-corrected chi connectivity index (χ0v) is 11.9. The molecule has 112 valence electrons. The van der Waals surface area contributed by atoms with Gasteiger partial charge in [0.25, 0.3) is 0 Å². The monoisotopic (exact) mass is 282 g/mol. The quantitative estimate of drug-likeness (QED) is 0.545. The average Bonchev–Trinajstić information content (AvgIpc) is 2.98. The minimum atomic E-state index is -0.811. The molecule has 5 nitrogen and oxygen atoms in total. The van der Waals surface area contributed by atoms with Crippen LogP contribution in [0, 0.1) is 17.3 Å². The molecule has 0 unspecified atom stereocenters. The minimum absolute atomic E-state index is 0.0857. The van der Waals surface area contributed by atoms with E-state index in [4.69, 9.17) is 5.11 Å². The molecule has 5 heteroatoms. The van der Waals surface area contributed by atoms with Gasteiger partial charge in [-0.1, -0.05) is 19.3 Å². The van der Waals surface area contributed by atoms with E-state index in [0.29, 0.717) is 19.3 Å². The molecule has 0 saturated heterocycles. The van der Waals surface area contributed by atoms with Crippen LogP contribution in [0.15, 0.2) is 0 Å². The van der Waals surface area contributed by atoms with Gasteiger partial charge in [0.2, 0.25) is 0 Å². The van der Waals surface area contributed by atoms with Crippen molar-refractivity contribution >= 4 is 17.7 Å². The molecule has 0 aromatic carbocycles. The van der Waals surface area contributed by atoms with Crippen LogP contribution >= 0.6 is 0 Å². The number of Topliss-reactive ketones (excluding diaryl/α,β-unsaturated/α-hetero) is 1. The lowest BCUT2D eigenvalue weighted by Crippen LogP contribution is -2.19. The van der Waals surface area contributed by atoms with Gasteiger partial charge < -0.3 is 9.84 Å². The molecule has 2 aliphatic rings. The van der Waals surface area contributed by atoms with Gasteiger partial charge in [0, 0.05) is 18.3 Å². The Morgan fingerprint density at radius 1 is 1.30 bits per heavy atom. The molecule has 0 spiro atoms. The third kappa shape index (κ3) is 2.58. The summed E-state index contributed by atoms with van der Waals surface area (Å²) in [5, 5.41) is 9.17. The molecule has 1 N–H and O–H groups in total. The van der Waals surface area contributed by atoms with Crippen molar-refractivity contribution in [3.8, 4) is 0 Å². The number of hydrogen-bond donors (Lipinski definition) is 1. The zero-order valence-electron chi connectivity index (χ0n) is 11.9. The van der Waals surface area contributed by atoms with Crippen molar-refractivity contribution in [2.45, 2.75) is 51.4 Å². The van der Waals surface area contributed by atoms with Crippen molar-refractivity contribution in [3.05, 3.63) is 0 Å². The van der Waals surface area contributed by atoms with Crippen LogP contribution < -0.4 is 0 Å². The molecule has 0 amide bonds. The SMILES string of the molecule is COC(=O)CCCCCC[C@]12C(=O)CC[C@H]1[C@H]2C(=O)O. The van der Waals surface area contributed by atoms with Gasteiger partial charge in [-0.25, -0.2) is 0 Å². The molecule has 0 aliphatic heterocycles. The van der Waals surface area contributed by atoms with E-state index in [1.54, 1.807) is 0 Å². The first-order valence-corrected chi connectivity index (χ1v) is 7.37. The lowest BCUT2D eigenvalue weighted by Gasteiger charge is -2.12. The predicted molar refractivity (Wildman–Crippen MR) is 71.0 cm³/mol. The smallest absolute Gasteiger partial charge is 0.307 e. The summed E-state index contributed by atoms with van der Waals surface area (Å²) in [6, 6.07) is 0. The second-order valence-electron chi connectivity index (χ2n) is 5.91. The highest BCUT2D eigenvalue weighted by Gasteiger charge is 2.73. The molecule has 0 bridgehead atoms. The number of carboxylic acid groups (broad SMARTS) is 1. The Morgan fingerprint density at radius 3 is 2.60 bits per heavy atom. The van der Waals surface area contributed by atoms with Crippen LogP contribution in [-0.4, -0.2) is 29.9 Å². The predicted octanol–water partition coefficient (Wildman–Crippen LogP) is 2.18. The molecule has 0 aromatic heterocycles. The maximum Gasteiger partial charge on any atom is 0.307 e. The highest BCUT2D eigenvalue weighted by Crippen LogP contribution is 2.68. The summed E-state index contributed by atoms with van der Waals surface area (Å²) in [6.07, 6.45) is 5.95. The molecule has 2 fully saturated rings. The number of esters is 1. The van der Waals surface area contributed by atoms with Crippen LogP contribution in [0.2, 0.25) is 0 Å². The number of aliphatic carboxylic acids is 1. The fraction of sp³-hybridized carbons (Fsp3) is 0.800. The molecule has 2 saturated carbocycles. The van der Waals surface area contributed by atoms with Crippen LogP contribution in [0.4, 0.5) is 0 Å². The summed E-state index contributed by atoms with van der Waals surface area (Å²) in [5.74, 6) is -1.19. The molecule has 0 aromatic rings. The highest BCUT2D eigenvalue weighted by atomic mass is 16.5. The number of carbonyl (C=O) groups is 3. The molecular formula is C15H22O5. The Balaban J connectivity index is 1.70. The zero-order chi connectivity index (χ0) is 14.8. The van der Waals surface area contributed by atoms with Crippen LogP contribution in [-0.2, 0) is 19.1 Å². The largest absolute Gasteiger partial charge is 0.481 e. The van der Waals surface area contributed by atoms with Crippen LogP contribution in [0.25, 0.3) is 0 Å². The number of ketones is 1. The van der Waals surface area contributed by atoms with Crippen molar-refractivity contribution < 1.29 is 24.2 Å². The number of rotatable bonds is 8. The Labute approximate surface area is 118 Å². The first-order valence-electron chi connectivity index (χ1n) is 7.37. The number of carbonyl (C=O) groups excluding carboxylic acids is 2. The van der Waals surface area contributed by atoms with E-state index < -0.39 is 17.3 Å². The van der Waals surface area contributed by atoms with E-state index in [-0.39, 0.29) is 17.7 Å². The first kappa shape index (κ1) is 15.0. The van der Waals surface area contributed by atoms with E-state index in [1.807, 2.05) is 0 Å². The van der Waals surface area contributed by atoms with Crippen molar-refractivity contribution in [2.75, 3.05) is 7.11 Å². The first-order chi connectivity index (χ1) is 9.54. The summed E-state index contributed by atoms with van der Waals surface area (Å²) in [6.45, 7) is 0. The van der Waals surface area contributed by atoms with Crippen LogP contribution in [0.1, 0.15) is 51.4 Å². The molecule has 0 heterocycles. The normalized spacial score (nSPS) is 30.9. The second kappa shape index (κ2) is 5.94. The molecule has 2 aliphatic carbocycles. The van der Waals surface area contributed by atoms with Gasteiger partial charge in [-0.05, 0) is 25.2 Å². The lowest BCUT2D eigenvalue weighted by molar-refractivity contribution is -0.142. The number of methoxy groups -OCH3 is 1. The Morgan fingerprint density at radius 2 is 2.00 bits per heavy atom. The van der Waals surface area contributed by atoms with Crippen LogP contribution in [0.3, 0.4) is 0 Å². The Kier molecular flexibility index (Phi) is 4.45. The van der Waals surface area contributed by atoms with E-state index in [9.17, 15) is 14.4 Å². The summed E-state index contributed by atoms with van der Waals surface area (Å²) in [7, 11) is 1.38. The fourth-order valence-electron chi connectivity index (χ4n) is 3.86. The maximum absolute atomic E-state index is 12.0. The number of ether oxygens (including phenoxy) is 1. The van der Waals surface area contributed by atoms with Crippen molar-refractivity contribution in [2.24, 2.45) is 17.3 Å². The maximum atomic E-state index is 12.0. The number of fused-ring (bicyclic) bond motifs is 1. The minimum Gasteiger partial charge on any atom is -0.481 e. The molecule has 3 atom stereocenters. The van der Waals surface area contributed by atoms with Gasteiger partial charge in [0.15, 0.2) is 0 Å². The van der Waals surface area contributed by atoms with Crippen molar-refractivity contribution in [1.82, 2.24) is 0 Å². The van der Waals surface area contributed by atoms with Crippen molar-refractivity contribution in [3.63, 3.8) is 0 Å². The van der Waals surface area contributed by atoms with Gasteiger partial charge in [-0.3, -0.25) is 14.4 Å². The van der Waals surface area contributed by atoms with Crippen LogP contribution in [0.5, 0.6) is 0 Å². The molecule has 0 radical (unpaired) electrons. The third-order valence-corrected chi connectivity index (χ3v) is 4.93. The summed E-state index contributed by atoms with van der Waals surface area (Å²) in [5.41, 5.74) is -0.534. The summed E-state index contributed by atoms with van der Waals surface area (Å²) in [4.78, 5) is 34.1. The third-order valence-electron chi connectivity index (χ3n) is 4.93. The Bertz CT molecular complexity index is 416. The van der Waals surface area contributed by atoms with Gasteiger partial charge in [0.05, 0.1) is 13.0 Å². The average molecular weight is 282 g/mol. The van der Waals surface area contributed by atoms with Crippen molar-refractivity contribution in [1.29, 1.82) is 0 Å². The van der Waals surface area contributed by atoms with E-state index >= 15 is 0 Å². The standard InChI is InChI=1S/C15H22O5/c1-20-12(17)6-4-2-3-5-9-15-10(7-8-11(15)16)13(15)14(18)19/h10,13H,2-9H2,1H3,(H,18,19)/t10-,13-,15+/m0/s1. The second-order valence-corrected chi connectivity index (χ2v) is 5.91. The van der Waals surface area contributed by atoms with E-state index in [2.05, 4.69) is 4.74 Å². The van der Waals surface area contributed by atoms with Gasteiger partial charge in [-0.15, -0.1) is 0 Å². The highest BCUT2D eigenvalue weighted by molar-refractivity contribution is 5.98. The number of carboxylic acids is 1. The number of hydrogen-bond acceptors (Lipinski definition) is 4. The van der Waals surface area contributed by atoms with E-state index in [0.717, 1.165) is 32.1 Å². The topological polar surface area (TPSA) is 80.7 Å². The van der Waals surface area contributed by atoms with Gasteiger partial charge >= 0.3 is 11.9 Å². The lowest BCUT2D eigenvalue weighted by atomic mass is 9.91. The molecule has 20 heavy (non-hydrogen) atoms.